The highest BCUT2D eigenvalue weighted by Crippen LogP contribution is 2.21. The fourth-order valence-electron chi connectivity index (χ4n) is 1.67. The molecule has 125 valence electrons. The standard InChI is InChI=1S/C13H13Cl2N2O6/c1-7(18)23-6-10(16-13(20)12(14)15)11(19)8-2-4-9(5-3-8)17(21)22/h2-5,10-12,19H,1,6H2,(H,16,20). The van der Waals surface area contributed by atoms with Crippen LogP contribution in [0.5, 0.6) is 0 Å². The molecule has 0 saturated heterocycles. The predicted octanol–water partition coefficient (Wildman–Crippen LogP) is 1.29. The number of ether oxygens (including phenoxy) is 1. The first kappa shape index (κ1) is 19.1. The van der Waals surface area contributed by atoms with Crippen LogP contribution in [-0.4, -0.2) is 39.4 Å². The minimum atomic E-state index is -1.38. The number of carbonyl (C=O) groups excluding carboxylic acids is 2. The van der Waals surface area contributed by atoms with Crippen molar-refractivity contribution in [3.05, 3.63) is 46.9 Å². The van der Waals surface area contributed by atoms with Crippen LogP contribution in [0.4, 0.5) is 5.69 Å². The number of aliphatic hydroxyl groups is 1. The summed E-state index contributed by atoms with van der Waals surface area (Å²) in [4.78, 5) is 31.0. The molecule has 10 heteroatoms. The Labute approximate surface area is 141 Å². The van der Waals surface area contributed by atoms with Crippen LogP contribution in [0.1, 0.15) is 11.7 Å². The molecule has 0 bridgehead atoms. The minimum Gasteiger partial charge on any atom is -0.463 e. The first-order chi connectivity index (χ1) is 10.7. The lowest BCUT2D eigenvalue weighted by Gasteiger charge is -2.24. The van der Waals surface area contributed by atoms with E-state index in [2.05, 4.69) is 17.0 Å². The molecule has 0 fully saturated rings. The number of amides is 1. The molecule has 0 spiro atoms. The zero-order valence-electron chi connectivity index (χ0n) is 11.6. The number of nitrogens with zero attached hydrogens (tertiary/aromatic N) is 1. The van der Waals surface area contributed by atoms with Crippen LogP contribution < -0.4 is 5.32 Å². The van der Waals surface area contributed by atoms with Crippen LogP contribution in [0.15, 0.2) is 24.3 Å². The number of benzene rings is 1. The third-order valence-corrected chi connectivity index (χ3v) is 3.17. The van der Waals surface area contributed by atoms with Gasteiger partial charge in [0.2, 0.25) is 0 Å². The highest BCUT2D eigenvalue weighted by molar-refractivity contribution is 6.53. The summed E-state index contributed by atoms with van der Waals surface area (Å²) in [6.45, 7) is 2.62. The van der Waals surface area contributed by atoms with E-state index in [0.29, 0.717) is 0 Å². The van der Waals surface area contributed by atoms with Crippen molar-refractivity contribution in [1.29, 1.82) is 0 Å². The van der Waals surface area contributed by atoms with E-state index in [0.717, 1.165) is 0 Å². The van der Waals surface area contributed by atoms with Crippen molar-refractivity contribution < 1.29 is 24.4 Å². The smallest absolute Gasteiger partial charge is 0.306 e. The molecule has 2 N–H and O–H groups in total. The molecular weight excluding hydrogens is 351 g/mol. The second kappa shape index (κ2) is 8.66. The molecule has 23 heavy (non-hydrogen) atoms. The van der Waals surface area contributed by atoms with Crippen LogP contribution in [0.3, 0.4) is 0 Å². The summed E-state index contributed by atoms with van der Waals surface area (Å²) < 4.78 is 4.67. The first-order valence-corrected chi connectivity index (χ1v) is 7.09. The lowest BCUT2D eigenvalue weighted by molar-refractivity contribution is -0.384. The van der Waals surface area contributed by atoms with Crippen LogP contribution in [0, 0.1) is 17.0 Å². The number of nitro groups is 1. The van der Waals surface area contributed by atoms with Crippen molar-refractivity contribution in [2.75, 3.05) is 6.61 Å². The van der Waals surface area contributed by atoms with Gasteiger partial charge in [0.15, 0.2) is 4.84 Å². The van der Waals surface area contributed by atoms with E-state index in [9.17, 15) is 24.8 Å². The summed E-state index contributed by atoms with van der Waals surface area (Å²) in [6, 6.07) is 3.95. The summed E-state index contributed by atoms with van der Waals surface area (Å²) >= 11 is 10.8. The molecule has 0 aliphatic rings. The molecule has 1 aromatic carbocycles. The maximum absolute atomic E-state index is 11.5. The highest BCUT2D eigenvalue weighted by atomic mass is 35.5. The van der Waals surface area contributed by atoms with Crippen molar-refractivity contribution in [2.24, 2.45) is 0 Å². The average Bonchev–Trinajstić information content (AvgIpc) is 2.50. The van der Waals surface area contributed by atoms with E-state index >= 15 is 0 Å². The Kier molecular flexibility index (Phi) is 7.21. The van der Waals surface area contributed by atoms with Crippen LogP contribution in [0.2, 0.25) is 0 Å². The maximum atomic E-state index is 11.5. The largest absolute Gasteiger partial charge is 0.463 e. The molecule has 0 heterocycles. The number of halogens is 2. The Bertz CT molecular complexity index is 578. The van der Waals surface area contributed by atoms with Gasteiger partial charge in [0.25, 0.3) is 11.6 Å². The topological polar surface area (TPSA) is 119 Å². The number of aliphatic hydroxyl groups excluding tert-OH is 1. The van der Waals surface area contributed by atoms with Gasteiger partial charge in [-0.25, -0.2) is 0 Å². The SMILES string of the molecule is [CH2]C(=O)OCC(NC(=O)C(Cl)Cl)C(O)c1ccc([N+](=O)[O-])cc1. The van der Waals surface area contributed by atoms with Crippen molar-refractivity contribution in [1.82, 2.24) is 5.32 Å². The molecule has 0 aliphatic carbocycles. The molecule has 1 radical (unpaired) electrons. The van der Waals surface area contributed by atoms with Gasteiger partial charge < -0.3 is 15.2 Å². The number of hydrogen-bond donors (Lipinski definition) is 2. The van der Waals surface area contributed by atoms with Gasteiger partial charge in [-0.05, 0) is 17.7 Å². The minimum absolute atomic E-state index is 0.160. The normalized spacial score (nSPS) is 13.3. The summed E-state index contributed by atoms with van der Waals surface area (Å²) in [5, 5.41) is 23.2. The number of non-ortho nitro benzene ring substituents is 1. The number of esters is 1. The molecule has 1 amide bonds. The zero-order valence-corrected chi connectivity index (χ0v) is 13.2. The first-order valence-electron chi connectivity index (χ1n) is 6.22. The van der Waals surface area contributed by atoms with Gasteiger partial charge in [-0.3, -0.25) is 19.7 Å². The van der Waals surface area contributed by atoms with E-state index in [-0.39, 0.29) is 17.9 Å². The van der Waals surface area contributed by atoms with Crippen molar-refractivity contribution in [3.8, 4) is 0 Å². The number of alkyl halides is 2. The lowest BCUT2D eigenvalue weighted by Crippen LogP contribution is -2.45. The van der Waals surface area contributed by atoms with Gasteiger partial charge >= 0.3 is 5.97 Å². The molecule has 2 unspecified atom stereocenters. The third kappa shape index (κ3) is 6.01. The Hall–Kier alpha value is -1.90. The van der Waals surface area contributed by atoms with Crippen LogP contribution in [0.25, 0.3) is 0 Å². The van der Waals surface area contributed by atoms with Gasteiger partial charge in [-0.2, -0.15) is 0 Å². The summed E-state index contributed by atoms with van der Waals surface area (Å²) in [7, 11) is 0. The molecule has 2 atom stereocenters. The van der Waals surface area contributed by atoms with E-state index < -0.39 is 33.8 Å². The van der Waals surface area contributed by atoms with Crippen molar-refractivity contribution >= 4 is 40.8 Å². The number of nitro benzene ring substituents is 1. The fraction of sp³-hybridized carbons (Fsp3) is 0.308. The number of hydrogen-bond acceptors (Lipinski definition) is 6. The molecule has 1 aromatic rings. The van der Waals surface area contributed by atoms with E-state index in [4.69, 9.17) is 23.2 Å². The number of rotatable bonds is 7. The van der Waals surface area contributed by atoms with Gasteiger partial charge in [0, 0.05) is 12.1 Å². The zero-order chi connectivity index (χ0) is 17.6. The number of nitrogens with one attached hydrogen (secondary N) is 1. The second-order valence-electron chi connectivity index (χ2n) is 4.39. The van der Waals surface area contributed by atoms with Crippen molar-refractivity contribution in [2.45, 2.75) is 17.0 Å². The summed E-state index contributed by atoms with van der Waals surface area (Å²) in [5.74, 6) is -1.65. The second-order valence-corrected chi connectivity index (χ2v) is 5.49. The van der Waals surface area contributed by atoms with Gasteiger partial charge in [-0.1, -0.05) is 23.2 Å². The van der Waals surface area contributed by atoms with E-state index in [1.165, 1.54) is 24.3 Å². The molecule has 0 aromatic heterocycles. The monoisotopic (exact) mass is 363 g/mol. The van der Waals surface area contributed by atoms with Gasteiger partial charge in [-0.15, -0.1) is 0 Å². The van der Waals surface area contributed by atoms with Gasteiger partial charge in [0.05, 0.1) is 17.9 Å². The Morgan fingerprint density at radius 1 is 1.35 bits per heavy atom. The van der Waals surface area contributed by atoms with Crippen molar-refractivity contribution in [3.63, 3.8) is 0 Å². The van der Waals surface area contributed by atoms with Gasteiger partial charge in [0.1, 0.15) is 12.7 Å². The Morgan fingerprint density at radius 2 is 1.91 bits per heavy atom. The fourth-order valence-corrected chi connectivity index (χ4v) is 1.79. The number of carbonyl (C=O) groups is 2. The Balaban J connectivity index is 2.91. The molecule has 0 aliphatic heterocycles. The summed E-state index contributed by atoms with van der Waals surface area (Å²) in [6.07, 6.45) is -1.31. The maximum Gasteiger partial charge on any atom is 0.306 e. The van der Waals surface area contributed by atoms with Crippen LogP contribution in [-0.2, 0) is 14.3 Å². The molecule has 0 saturated carbocycles. The molecule has 1 rings (SSSR count). The highest BCUT2D eigenvalue weighted by Gasteiger charge is 2.26. The Morgan fingerprint density at radius 3 is 2.35 bits per heavy atom. The average molecular weight is 364 g/mol. The van der Waals surface area contributed by atoms with E-state index in [1.807, 2.05) is 0 Å². The quantitative estimate of drug-likeness (QED) is 0.326. The molecule has 8 nitrogen and oxygen atoms in total. The molecular formula is C13H13Cl2N2O6. The lowest BCUT2D eigenvalue weighted by atomic mass is 10.0. The van der Waals surface area contributed by atoms with E-state index in [1.54, 1.807) is 0 Å². The predicted molar refractivity (Wildman–Crippen MR) is 81.8 cm³/mol. The van der Waals surface area contributed by atoms with Crippen LogP contribution >= 0.6 is 23.2 Å². The summed E-state index contributed by atoms with van der Waals surface area (Å²) in [5.41, 5.74) is 0.106. The third-order valence-electron chi connectivity index (χ3n) is 2.78.